The zero-order chi connectivity index (χ0) is 24.6. The second kappa shape index (κ2) is 11.4. The molecule has 4 aromatic rings. The molecule has 0 unspecified atom stereocenters. The van der Waals surface area contributed by atoms with Crippen molar-refractivity contribution in [2.75, 3.05) is 32.1 Å². The number of aromatic nitrogens is 4. The summed E-state index contributed by atoms with van der Waals surface area (Å²) < 4.78 is 11.7. The van der Waals surface area contributed by atoms with Crippen molar-refractivity contribution in [2.45, 2.75) is 6.61 Å². The molecule has 0 saturated heterocycles. The Morgan fingerprint density at radius 1 is 1.11 bits per heavy atom. The number of nitrogens with zero attached hydrogens (tertiary/aromatic N) is 5. The van der Waals surface area contributed by atoms with E-state index in [2.05, 4.69) is 25.3 Å². The third-order valence-corrected chi connectivity index (χ3v) is 5.35. The fraction of sp³-hybridized carbons (Fsp3) is 0.208. The van der Waals surface area contributed by atoms with Gasteiger partial charge in [-0.25, -0.2) is 9.97 Å². The van der Waals surface area contributed by atoms with E-state index in [1.54, 1.807) is 43.8 Å². The highest BCUT2D eigenvalue weighted by atomic mass is 35.5. The second-order valence-corrected chi connectivity index (χ2v) is 7.86. The molecule has 1 amide bonds. The molecule has 0 radical (unpaired) electrons. The summed E-state index contributed by atoms with van der Waals surface area (Å²) in [4.78, 5) is 29.9. The van der Waals surface area contributed by atoms with E-state index in [1.807, 2.05) is 18.2 Å². The van der Waals surface area contributed by atoms with Crippen LogP contribution in [0.1, 0.15) is 5.69 Å². The summed E-state index contributed by atoms with van der Waals surface area (Å²) in [7, 11) is 1.60. The van der Waals surface area contributed by atoms with Gasteiger partial charge in [0.15, 0.2) is 0 Å². The van der Waals surface area contributed by atoms with Crippen molar-refractivity contribution in [3.8, 4) is 11.5 Å². The molecular weight excluding hydrogens is 472 g/mol. The lowest BCUT2D eigenvalue weighted by Gasteiger charge is -2.17. The number of halogens is 1. The third kappa shape index (κ3) is 6.11. The van der Waals surface area contributed by atoms with Crippen LogP contribution in [-0.4, -0.2) is 62.7 Å². The first kappa shape index (κ1) is 24.1. The number of aliphatic hydroxyl groups is 1. The topological polar surface area (TPSA) is 123 Å². The molecule has 4 rings (SSSR count). The number of fused-ring (bicyclic) bond motifs is 1. The third-order valence-electron chi connectivity index (χ3n) is 5.06. The Bertz CT molecular complexity index is 1300. The first-order valence-corrected chi connectivity index (χ1v) is 11.1. The van der Waals surface area contributed by atoms with Gasteiger partial charge >= 0.3 is 0 Å². The molecule has 180 valence electrons. The first-order chi connectivity index (χ1) is 17.0. The van der Waals surface area contributed by atoms with Crippen molar-refractivity contribution in [3.63, 3.8) is 0 Å². The fourth-order valence-electron chi connectivity index (χ4n) is 3.22. The molecule has 0 aliphatic heterocycles. The minimum Gasteiger partial charge on any atom is -0.491 e. The maximum Gasteiger partial charge on any atom is 0.248 e. The van der Waals surface area contributed by atoms with Gasteiger partial charge in [0, 0.05) is 25.1 Å². The van der Waals surface area contributed by atoms with Gasteiger partial charge in [-0.2, -0.15) is 0 Å². The van der Waals surface area contributed by atoms with Crippen molar-refractivity contribution in [1.82, 2.24) is 24.8 Å². The van der Waals surface area contributed by atoms with Gasteiger partial charge < -0.3 is 24.8 Å². The molecule has 2 heterocycles. The Morgan fingerprint density at radius 2 is 2.00 bits per heavy atom. The number of hydrogen-bond acceptors (Lipinski definition) is 9. The number of benzene rings is 2. The summed E-state index contributed by atoms with van der Waals surface area (Å²) in [6.45, 7) is 0.257. The van der Waals surface area contributed by atoms with Crippen LogP contribution in [0, 0.1) is 0 Å². The lowest BCUT2D eigenvalue weighted by molar-refractivity contribution is -0.133. The molecule has 10 nitrogen and oxygen atoms in total. The number of likely N-dealkylation sites (N-methyl/N-ethyl adjacent to an activating group) is 1. The number of rotatable bonds is 10. The Balaban J connectivity index is 1.49. The fourth-order valence-corrected chi connectivity index (χ4v) is 3.46. The van der Waals surface area contributed by atoms with Crippen LogP contribution in [0.3, 0.4) is 0 Å². The van der Waals surface area contributed by atoms with Crippen LogP contribution < -0.4 is 14.8 Å². The normalized spacial score (nSPS) is 10.7. The zero-order valence-electron chi connectivity index (χ0n) is 18.9. The maximum absolute atomic E-state index is 11.6. The molecule has 2 aromatic heterocycles. The van der Waals surface area contributed by atoms with E-state index in [1.165, 1.54) is 11.2 Å². The highest BCUT2D eigenvalue weighted by molar-refractivity contribution is 6.32. The van der Waals surface area contributed by atoms with Gasteiger partial charge in [-0.15, -0.1) is 0 Å². The van der Waals surface area contributed by atoms with Crippen molar-refractivity contribution in [3.05, 3.63) is 72.0 Å². The summed E-state index contributed by atoms with van der Waals surface area (Å²) in [6, 6.07) is 10.8. The van der Waals surface area contributed by atoms with Crippen LogP contribution in [0.25, 0.3) is 10.9 Å². The molecule has 0 saturated carbocycles. The predicted molar refractivity (Wildman–Crippen MR) is 131 cm³/mol. The van der Waals surface area contributed by atoms with Crippen LogP contribution in [0.15, 0.2) is 61.3 Å². The molecule has 0 bridgehead atoms. The number of ether oxygens (including phenoxy) is 2. The monoisotopic (exact) mass is 494 g/mol. The number of aliphatic hydroxyl groups excluding tert-OH is 1. The van der Waals surface area contributed by atoms with Crippen molar-refractivity contribution in [2.24, 2.45) is 0 Å². The van der Waals surface area contributed by atoms with Crippen molar-refractivity contribution < 1.29 is 19.4 Å². The molecule has 2 aromatic carbocycles. The lowest BCUT2D eigenvalue weighted by Crippen LogP contribution is -2.32. The van der Waals surface area contributed by atoms with E-state index in [0.717, 1.165) is 0 Å². The number of anilines is 2. The van der Waals surface area contributed by atoms with E-state index >= 15 is 0 Å². The summed E-state index contributed by atoms with van der Waals surface area (Å²) in [5.41, 5.74) is 2.08. The van der Waals surface area contributed by atoms with Gasteiger partial charge in [-0.05, 0) is 30.3 Å². The van der Waals surface area contributed by atoms with Gasteiger partial charge in [0.05, 0.1) is 34.4 Å². The maximum atomic E-state index is 11.6. The van der Waals surface area contributed by atoms with Crippen LogP contribution >= 0.6 is 11.6 Å². The van der Waals surface area contributed by atoms with E-state index in [9.17, 15) is 4.79 Å². The summed E-state index contributed by atoms with van der Waals surface area (Å²) in [5.74, 6) is 1.24. The van der Waals surface area contributed by atoms with Crippen LogP contribution in [-0.2, 0) is 11.4 Å². The highest BCUT2D eigenvalue weighted by Crippen LogP contribution is 2.34. The SMILES string of the molecule is CN(CCOc1cccc2ncnc(Nc3ccc(OCc4cnccn4)c(Cl)c3)c12)C(=O)CO. The standard InChI is InChI=1S/C24H23ClN6O4/c1-31(22(33)13-32)9-10-34-21-4-2-3-19-23(21)24(29-15-28-19)30-16-5-6-20(18(25)11-16)35-14-17-12-26-7-8-27-17/h2-8,11-12,15,32H,9-10,13-14H2,1H3,(H,28,29,30). The molecule has 11 heteroatoms. The summed E-state index contributed by atoms with van der Waals surface area (Å²) in [6.07, 6.45) is 6.29. The quantitative estimate of drug-likeness (QED) is 0.342. The molecule has 0 atom stereocenters. The minimum atomic E-state index is -0.542. The van der Waals surface area contributed by atoms with Gasteiger partial charge in [-0.1, -0.05) is 17.7 Å². The average molecular weight is 495 g/mol. The van der Waals surface area contributed by atoms with Crippen molar-refractivity contribution >= 4 is 39.9 Å². The van der Waals surface area contributed by atoms with Gasteiger partial charge in [0.1, 0.15) is 43.5 Å². The summed E-state index contributed by atoms with van der Waals surface area (Å²) in [5, 5.41) is 13.4. The van der Waals surface area contributed by atoms with Gasteiger partial charge in [-0.3, -0.25) is 14.8 Å². The van der Waals surface area contributed by atoms with Crippen LogP contribution in [0.4, 0.5) is 11.5 Å². The number of carbonyl (C=O) groups is 1. The molecule has 0 aliphatic rings. The smallest absolute Gasteiger partial charge is 0.248 e. The number of hydrogen-bond donors (Lipinski definition) is 2. The molecule has 2 N–H and O–H groups in total. The number of nitrogens with one attached hydrogen (secondary N) is 1. The lowest BCUT2D eigenvalue weighted by atomic mass is 10.2. The first-order valence-electron chi connectivity index (χ1n) is 10.7. The van der Waals surface area contributed by atoms with E-state index in [-0.39, 0.29) is 19.1 Å². The molecule has 0 spiro atoms. The van der Waals surface area contributed by atoms with Crippen LogP contribution in [0.5, 0.6) is 11.5 Å². The van der Waals surface area contributed by atoms with E-state index in [0.29, 0.717) is 51.2 Å². The Kier molecular flexibility index (Phi) is 7.86. The zero-order valence-corrected chi connectivity index (χ0v) is 19.6. The number of carbonyl (C=O) groups excluding carboxylic acids is 1. The molecule has 0 fully saturated rings. The minimum absolute atomic E-state index is 0.235. The van der Waals surface area contributed by atoms with E-state index in [4.69, 9.17) is 26.2 Å². The van der Waals surface area contributed by atoms with Gasteiger partial charge in [0.2, 0.25) is 5.91 Å². The van der Waals surface area contributed by atoms with E-state index < -0.39 is 6.61 Å². The Hall–Kier alpha value is -4.02. The largest absolute Gasteiger partial charge is 0.491 e. The predicted octanol–water partition coefficient (Wildman–Crippen LogP) is 3.23. The average Bonchev–Trinajstić information content (AvgIpc) is 2.88. The van der Waals surface area contributed by atoms with Crippen molar-refractivity contribution in [1.29, 1.82) is 0 Å². The number of amides is 1. The second-order valence-electron chi connectivity index (χ2n) is 7.45. The highest BCUT2D eigenvalue weighted by Gasteiger charge is 2.13. The molecular formula is C24H23ClN6O4. The molecule has 0 aliphatic carbocycles. The Labute approximate surface area is 206 Å². The summed E-state index contributed by atoms with van der Waals surface area (Å²) >= 11 is 6.44. The molecule has 35 heavy (non-hydrogen) atoms. The van der Waals surface area contributed by atoms with Gasteiger partial charge in [0.25, 0.3) is 0 Å². The van der Waals surface area contributed by atoms with Crippen LogP contribution in [0.2, 0.25) is 5.02 Å². The Morgan fingerprint density at radius 3 is 2.77 bits per heavy atom.